The van der Waals surface area contributed by atoms with Gasteiger partial charge < -0.3 is 15.1 Å². The number of hydrogen-bond donors (Lipinski definition) is 2. The Kier molecular flexibility index (Phi) is 5.14. The van der Waals surface area contributed by atoms with Crippen LogP contribution in [0, 0.1) is 6.92 Å². The van der Waals surface area contributed by atoms with Gasteiger partial charge in [-0.05, 0) is 26.2 Å². The number of aryl methyl sites for hydroxylation is 1. The van der Waals surface area contributed by atoms with E-state index < -0.39 is 0 Å². The Labute approximate surface area is 120 Å². The first-order chi connectivity index (χ1) is 9.67. The minimum Gasteiger partial charge on any atom is -0.381 e. The van der Waals surface area contributed by atoms with Gasteiger partial charge in [0.05, 0.1) is 0 Å². The predicted molar refractivity (Wildman–Crippen MR) is 80.8 cm³/mol. The second-order valence-electron chi connectivity index (χ2n) is 5.29. The summed E-state index contributed by atoms with van der Waals surface area (Å²) in [6, 6.07) is 0.470. The van der Waals surface area contributed by atoms with Crippen molar-refractivity contribution in [2.45, 2.75) is 45.6 Å². The molecule has 1 aromatic rings. The number of ether oxygens (including phenoxy) is 1. The zero-order valence-electron chi connectivity index (χ0n) is 12.6. The Morgan fingerprint density at radius 3 is 2.65 bits per heavy atom. The molecule has 2 heterocycles. The molecule has 0 unspecified atom stereocenters. The summed E-state index contributed by atoms with van der Waals surface area (Å²) in [6.07, 6.45) is 3.96. The van der Waals surface area contributed by atoms with Crippen molar-refractivity contribution in [3.05, 3.63) is 11.4 Å². The first-order valence-corrected chi connectivity index (χ1v) is 7.32. The van der Waals surface area contributed by atoms with Gasteiger partial charge in [-0.3, -0.25) is 0 Å². The van der Waals surface area contributed by atoms with Crippen molar-refractivity contribution in [2.24, 2.45) is 5.84 Å². The summed E-state index contributed by atoms with van der Waals surface area (Å²) in [4.78, 5) is 11.4. The third-order valence-corrected chi connectivity index (χ3v) is 3.85. The van der Waals surface area contributed by atoms with E-state index in [0.29, 0.717) is 6.04 Å². The number of nitrogens with two attached hydrogens (primary N) is 1. The molecule has 0 atom stereocenters. The quantitative estimate of drug-likeness (QED) is 0.630. The van der Waals surface area contributed by atoms with Crippen LogP contribution in [0.3, 0.4) is 0 Å². The Bertz CT molecular complexity index is 445. The fraction of sp³-hybridized carbons (Fsp3) is 0.714. The molecule has 0 aromatic carbocycles. The van der Waals surface area contributed by atoms with Crippen molar-refractivity contribution in [2.75, 3.05) is 30.6 Å². The topological polar surface area (TPSA) is 76.3 Å². The molecule has 6 nitrogen and oxygen atoms in total. The average Bonchev–Trinajstić information content (AvgIpc) is 2.49. The van der Waals surface area contributed by atoms with Crippen LogP contribution in [0.15, 0.2) is 0 Å². The Balaban J connectivity index is 2.30. The number of aromatic nitrogens is 2. The molecule has 6 heteroatoms. The van der Waals surface area contributed by atoms with E-state index in [0.717, 1.165) is 61.9 Å². The SMILES string of the molecule is CCCc1nc(NN)c(C)c(N(C)C2CCOCC2)n1. The van der Waals surface area contributed by atoms with Crippen molar-refractivity contribution in [3.8, 4) is 0 Å². The molecule has 0 bridgehead atoms. The normalized spacial score (nSPS) is 16.2. The highest BCUT2D eigenvalue weighted by atomic mass is 16.5. The van der Waals surface area contributed by atoms with Crippen molar-refractivity contribution in [1.29, 1.82) is 0 Å². The van der Waals surface area contributed by atoms with Crippen molar-refractivity contribution in [1.82, 2.24) is 9.97 Å². The second kappa shape index (κ2) is 6.85. The van der Waals surface area contributed by atoms with E-state index in [2.05, 4.69) is 29.3 Å². The predicted octanol–water partition coefficient (Wildman–Crippen LogP) is 1.64. The third kappa shape index (κ3) is 3.19. The maximum absolute atomic E-state index is 5.58. The van der Waals surface area contributed by atoms with E-state index in [4.69, 9.17) is 15.6 Å². The number of rotatable bonds is 5. The van der Waals surface area contributed by atoms with Crippen molar-refractivity contribution in [3.63, 3.8) is 0 Å². The lowest BCUT2D eigenvalue weighted by Gasteiger charge is -2.33. The molecule has 0 saturated carbocycles. The monoisotopic (exact) mass is 279 g/mol. The van der Waals surface area contributed by atoms with E-state index in [1.165, 1.54) is 0 Å². The van der Waals surface area contributed by atoms with Crippen LogP contribution in [-0.2, 0) is 11.2 Å². The summed E-state index contributed by atoms with van der Waals surface area (Å²) < 4.78 is 5.43. The Hall–Kier alpha value is -1.40. The number of hydrogen-bond acceptors (Lipinski definition) is 6. The van der Waals surface area contributed by atoms with Gasteiger partial charge in [0.2, 0.25) is 0 Å². The summed E-state index contributed by atoms with van der Waals surface area (Å²) in [5, 5.41) is 0. The van der Waals surface area contributed by atoms with Gasteiger partial charge in [-0.2, -0.15) is 0 Å². The van der Waals surface area contributed by atoms with Crippen LogP contribution in [0.25, 0.3) is 0 Å². The highest BCUT2D eigenvalue weighted by Crippen LogP contribution is 2.26. The summed E-state index contributed by atoms with van der Waals surface area (Å²) in [6.45, 7) is 5.78. The zero-order chi connectivity index (χ0) is 14.5. The van der Waals surface area contributed by atoms with Crippen LogP contribution in [0.5, 0.6) is 0 Å². The number of nitrogens with one attached hydrogen (secondary N) is 1. The highest BCUT2D eigenvalue weighted by Gasteiger charge is 2.22. The number of nitrogen functional groups attached to an aromatic ring is 1. The third-order valence-electron chi connectivity index (χ3n) is 3.85. The van der Waals surface area contributed by atoms with E-state index in [1.807, 2.05) is 6.92 Å². The first kappa shape index (κ1) is 15.0. The number of hydrazine groups is 1. The summed E-state index contributed by atoms with van der Waals surface area (Å²) in [5.41, 5.74) is 3.69. The molecule has 0 radical (unpaired) electrons. The Morgan fingerprint density at radius 2 is 2.05 bits per heavy atom. The molecule has 0 aliphatic carbocycles. The summed E-state index contributed by atoms with van der Waals surface area (Å²) in [7, 11) is 2.10. The molecule has 112 valence electrons. The van der Waals surface area contributed by atoms with Gasteiger partial charge in [-0.25, -0.2) is 15.8 Å². The minimum absolute atomic E-state index is 0.470. The molecule has 0 spiro atoms. The zero-order valence-corrected chi connectivity index (χ0v) is 12.6. The van der Waals surface area contributed by atoms with Crippen LogP contribution < -0.4 is 16.2 Å². The first-order valence-electron chi connectivity index (χ1n) is 7.32. The average molecular weight is 279 g/mol. The largest absolute Gasteiger partial charge is 0.381 e. The highest BCUT2D eigenvalue weighted by molar-refractivity contribution is 5.58. The van der Waals surface area contributed by atoms with Gasteiger partial charge in [0.15, 0.2) is 0 Å². The second-order valence-corrected chi connectivity index (χ2v) is 5.29. The molecule has 3 N–H and O–H groups in total. The van der Waals surface area contributed by atoms with Gasteiger partial charge in [0.1, 0.15) is 17.5 Å². The van der Waals surface area contributed by atoms with Gasteiger partial charge in [0, 0.05) is 38.3 Å². The van der Waals surface area contributed by atoms with E-state index in [9.17, 15) is 0 Å². The molecule has 1 aliphatic rings. The van der Waals surface area contributed by atoms with Gasteiger partial charge >= 0.3 is 0 Å². The van der Waals surface area contributed by atoms with Crippen molar-refractivity contribution < 1.29 is 4.74 Å². The fourth-order valence-corrected chi connectivity index (χ4v) is 2.61. The smallest absolute Gasteiger partial charge is 0.148 e. The van der Waals surface area contributed by atoms with Crippen LogP contribution in [-0.4, -0.2) is 36.3 Å². The molecular weight excluding hydrogens is 254 g/mol. The Morgan fingerprint density at radius 1 is 1.35 bits per heavy atom. The molecule has 20 heavy (non-hydrogen) atoms. The number of anilines is 2. The molecule has 1 fully saturated rings. The van der Waals surface area contributed by atoms with Crippen LogP contribution >= 0.6 is 0 Å². The lowest BCUT2D eigenvalue weighted by molar-refractivity contribution is 0.0853. The molecular formula is C14H25N5O. The lowest BCUT2D eigenvalue weighted by Crippen LogP contribution is -2.38. The van der Waals surface area contributed by atoms with Crippen LogP contribution in [0.2, 0.25) is 0 Å². The van der Waals surface area contributed by atoms with Crippen LogP contribution in [0.1, 0.15) is 37.6 Å². The van der Waals surface area contributed by atoms with Crippen molar-refractivity contribution >= 4 is 11.6 Å². The fourth-order valence-electron chi connectivity index (χ4n) is 2.61. The molecule has 1 saturated heterocycles. The van der Waals surface area contributed by atoms with Gasteiger partial charge in [-0.15, -0.1) is 0 Å². The van der Waals surface area contributed by atoms with E-state index in [-0.39, 0.29) is 0 Å². The summed E-state index contributed by atoms with van der Waals surface area (Å²) in [5.74, 6) is 8.13. The van der Waals surface area contributed by atoms with Gasteiger partial charge in [0.25, 0.3) is 0 Å². The maximum Gasteiger partial charge on any atom is 0.148 e. The van der Waals surface area contributed by atoms with E-state index in [1.54, 1.807) is 0 Å². The molecule has 1 aromatic heterocycles. The van der Waals surface area contributed by atoms with E-state index >= 15 is 0 Å². The lowest BCUT2D eigenvalue weighted by atomic mass is 10.1. The maximum atomic E-state index is 5.58. The molecule has 1 aliphatic heterocycles. The van der Waals surface area contributed by atoms with Crippen LogP contribution in [0.4, 0.5) is 11.6 Å². The minimum atomic E-state index is 0.470. The molecule has 2 rings (SSSR count). The standard InChI is InChI=1S/C14H25N5O/c1-4-5-12-16-13(18-15)10(2)14(17-12)19(3)11-6-8-20-9-7-11/h11H,4-9,15H2,1-3H3,(H,16,17,18). The van der Waals surface area contributed by atoms with Gasteiger partial charge in [-0.1, -0.05) is 6.92 Å². The molecule has 0 amide bonds. The summed E-state index contributed by atoms with van der Waals surface area (Å²) >= 11 is 0. The number of nitrogens with zero attached hydrogens (tertiary/aromatic N) is 3.